The molecule has 11 rings (SSSR count). The summed E-state index contributed by atoms with van der Waals surface area (Å²) >= 11 is 3.49. The summed E-state index contributed by atoms with van der Waals surface area (Å²) in [6, 6.07) is 59.6. The van der Waals surface area contributed by atoms with Crippen molar-refractivity contribution in [3.05, 3.63) is 170 Å². The van der Waals surface area contributed by atoms with Crippen LogP contribution in [0, 0.1) is 0 Å². The topological polar surface area (TPSA) is 51.6 Å². The van der Waals surface area contributed by atoms with E-state index in [-0.39, 0.29) is 0 Å². The number of thiazole rings is 1. The number of hydrogen-bond acceptors (Lipinski definition) is 6. The first-order valence-electron chi connectivity index (χ1n) is 17.9. The van der Waals surface area contributed by atoms with Crippen molar-refractivity contribution < 1.29 is 0 Å². The summed E-state index contributed by atoms with van der Waals surface area (Å²) < 4.78 is 3.45. The zero-order valence-electron chi connectivity index (χ0n) is 28.8. The van der Waals surface area contributed by atoms with Crippen LogP contribution in [-0.4, -0.2) is 19.9 Å². The molecular formula is C48H28N4S2. The second kappa shape index (κ2) is 12.5. The molecule has 0 N–H and O–H groups in total. The molecule has 0 bridgehead atoms. The summed E-state index contributed by atoms with van der Waals surface area (Å²) in [5, 5.41) is 7.93. The molecule has 0 unspecified atom stereocenters. The summed E-state index contributed by atoms with van der Waals surface area (Å²) in [6.07, 6.45) is 0. The van der Waals surface area contributed by atoms with Gasteiger partial charge < -0.3 is 0 Å². The lowest BCUT2D eigenvalue weighted by atomic mass is 9.96. The van der Waals surface area contributed by atoms with Gasteiger partial charge in [0.25, 0.3) is 0 Å². The van der Waals surface area contributed by atoms with Crippen LogP contribution in [0.1, 0.15) is 0 Å². The van der Waals surface area contributed by atoms with Gasteiger partial charge in [-0.1, -0.05) is 146 Å². The van der Waals surface area contributed by atoms with Crippen molar-refractivity contribution in [3.8, 4) is 55.9 Å². The van der Waals surface area contributed by atoms with Crippen LogP contribution in [0.4, 0.5) is 0 Å². The first kappa shape index (κ1) is 31.0. The number of hydrogen-bond donors (Lipinski definition) is 0. The molecule has 0 fully saturated rings. The van der Waals surface area contributed by atoms with Gasteiger partial charge in [-0.3, -0.25) is 0 Å². The van der Waals surface area contributed by atoms with Crippen molar-refractivity contribution in [3.63, 3.8) is 0 Å². The largest absolute Gasteiger partial charge is 0.236 e. The molecule has 0 amide bonds. The number of thiophene rings is 1. The Bertz CT molecular complexity index is 3220. The van der Waals surface area contributed by atoms with Gasteiger partial charge in [-0.25, -0.2) is 19.9 Å². The van der Waals surface area contributed by atoms with E-state index in [1.807, 2.05) is 12.1 Å². The Hall–Kier alpha value is -6.60. The Morgan fingerprint density at radius 2 is 1.00 bits per heavy atom. The van der Waals surface area contributed by atoms with Crippen molar-refractivity contribution in [2.75, 3.05) is 0 Å². The summed E-state index contributed by atoms with van der Waals surface area (Å²) in [5.74, 6) is 1.90. The number of benzene rings is 8. The van der Waals surface area contributed by atoms with Crippen LogP contribution in [0.5, 0.6) is 0 Å². The van der Waals surface area contributed by atoms with Crippen LogP contribution >= 0.6 is 22.7 Å². The Labute approximate surface area is 318 Å². The maximum atomic E-state index is 5.47. The summed E-state index contributed by atoms with van der Waals surface area (Å²) in [7, 11) is 0. The van der Waals surface area contributed by atoms with E-state index in [9.17, 15) is 0 Å². The van der Waals surface area contributed by atoms with E-state index in [1.54, 1.807) is 22.7 Å². The standard InChI is InChI=1S/C48H28N4S2/c1-3-14-29(15-4-1)31-19-13-20-33(26-31)45-50-46(38-27-32-18-7-8-21-34(32)35-22-9-10-23-36(35)38)52-47(51-45)43-42-37-24-11-12-25-40(37)53-41(42)28-39-44(43)54-48(49-39)30-16-5-2-6-17-30/h1-28H. The molecule has 3 heterocycles. The maximum Gasteiger partial charge on any atom is 0.166 e. The van der Waals surface area contributed by atoms with E-state index in [2.05, 4.69) is 158 Å². The highest BCUT2D eigenvalue weighted by Crippen LogP contribution is 2.47. The molecule has 0 radical (unpaired) electrons. The highest BCUT2D eigenvalue weighted by atomic mass is 32.1. The first-order chi connectivity index (χ1) is 26.7. The quantitative estimate of drug-likeness (QED) is 0.166. The Morgan fingerprint density at radius 3 is 1.83 bits per heavy atom. The van der Waals surface area contributed by atoms with Crippen molar-refractivity contribution in [1.82, 2.24) is 19.9 Å². The van der Waals surface area contributed by atoms with Crippen molar-refractivity contribution in [1.29, 1.82) is 0 Å². The summed E-state index contributed by atoms with van der Waals surface area (Å²) in [5.41, 5.74) is 7.18. The van der Waals surface area contributed by atoms with Gasteiger partial charge in [-0.05, 0) is 56.9 Å². The minimum absolute atomic E-state index is 0.627. The summed E-state index contributed by atoms with van der Waals surface area (Å²) in [4.78, 5) is 21.4. The number of rotatable bonds is 5. The zero-order chi connectivity index (χ0) is 35.6. The third-order valence-corrected chi connectivity index (χ3v) is 12.4. The minimum Gasteiger partial charge on any atom is -0.236 e. The van der Waals surface area contributed by atoms with Crippen molar-refractivity contribution >= 4 is 74.6 Å². The van der Waals surface area contributed by atoms with Gasteiger partial charge >= 0.3 is 0 Å². The fourth-order valence-corrected chi connectivity index (χ4v) is 9.88. The van der Waals surface area contributed by atoms with Gasteiger partial charge in [-0.15, -0.1) is 22.7 Å². The van der Waals surface area contributed by atoms with E-state index < -0.39 is 0 Å². The molecule has 3 aromatic heterocycles. The molecule has 0 spiro atoms. The maximum absolute atomic E-state index is 5.47. The zero-order valence-corrected chi connectivity index (χ0v) is 30.4. The predicted molar refractivity (Wildman–Crippen MR) is 228 cm³/mol. The molecule has 0 saturated carbocycles. The average Bonchev–Trinajstić information content (AvgIpc) is 3.84. The molecule has 11 aromatic rings. The molecule has 0 atom stereocenters. The highest BCUT2D eigenvalue weighted by molar-refractivity contribution is 7.26. The molecule has 0 aliphatic heterocycles. The van der Waals surface area contributed by atoms with Crippen molar-refractivity contribution in [2.45, 2.75) is 0 Å². The van der Waals surface area contributed by atoms with Crippen LogP contribution in [0.2, 0.25) is 0 Å². The molecule has 252 valence electrons. The monoisotopic (exact) mass is 724 g/mol. The minimum atomic E-state index is 0.627. The van der Waals surface area contributed by atoms with Gasteiger partial charge in [0.15, 0.2) is 17.5 Å². The Kier molecular flexibility index (Phi) is 7.18. The predicted octanol–water partition coefficient (Wildman–Crippen LogP) is 13.5. The molecule has 54 heavy (non-hydrogen) atoms. The smallest absolute Gasteiger partial charge is 0.166 e. The molecule has 4 nitrogen and oxygen atoms in total. The van der Waals surface area contributed by atoms with Crippen LogP contribution in [0.15, 0.2) is 170 Å². The second-order valence-electron chi connectivity index (χ2n) is 13.4. The van der Waals surface area contributed by atoms with E-state index in [0.717, 1.165) is 69.5 Å². The molecular weight excluding hydrogens is 697 g/mol. The van der Waals surface area contributed by atoms with Gasteiger partial charge in [0.05, 0.1) is 10.2 Å². The van der Waals surface area contributed by atoms with E-state index in [4.69, 9.17) is 19.9 Å². The number of nitrogens with zero attached hydrogens (tertiary/aromatic N) is 4. The van der Waals surface area contributed by atoms with Crippen LogP contribution in [-0.2, 0) is 0 Å². The van der Waals surface area contributed by atoms with E-state index in [0.29, 0.717) is 17.5 Å². The Morgan fingerprint density at radius 1 is 0.370 bits per heavy atom. The third kappa shape index (κ3) is 5.11. The lowest BCUT2D eigenvalue weighted by Crippen LogP contribution is -2.01. The van der Waals surface area contributed by atoms with Gasteiger partial charge in [0.1, 0.15) is 5.01 Å². The molecule has 0 saturated heterocycles. The fourth-order valence-electron chi connectivity index (χ4n) is 7.63. The summed E-state index contributed by atoms with van der Waals surface area (Å²) in [6.45, 7) is 0. The third-order valence-electron chi connectivity index (χ3n) is 10.1. The first-order valence-corrected chi connectivity index (χ1v) is 19.5. The average molecular weight is 725 g/mol. The van der Waals surface area contributed by atoms with Gasteiger partial charge in [-0.2, -0.15) is 0 Å². The molecule has 0 aliphatic rings. The highest BCUT2D eigenvalue weighted by Gasteiger charge is 2.23. The van der Waals surface area contributed by atoms with Gasteiger partial charge in [0.2, 0.25) is 0 Å². The van der Waals surface area contributed by atoms with Gasteiger partial charge in [0, 0.05) is 42.4 Å². The van der Waals surface area contributed by atoms with Crippen LogP contribution in [0.25, 0.3) is 108 Å². The van der Waals surface area contributed by atoms with Crippen molar-refractivity contribution in [2.24, 2.45) is 0 Å². The number of fused-ring (bicyclic) bond motifs is 7. The molecule has 6 heteroatoms. The van der Waals surface area contributed by atoms with Crippen LogP contribution in [0.3, 0.4) is 0 Å². The molecule has 0 aliphatic carbocycles. The lowest BCUT2D eigenvalue weighted by molar-refractivity contribution is 1.08. The molecule has 8 aromatic carbocycles. The normalized spacial score (nSPS) is 11.7. The fraction of sp³-hybridized carbons (Fsp3) is 0. The number of aromatic nitrogens is 4. The Balaban J connectivity index is 1.25. The van der Waals surface area contributed by atoms with E-state index in [1.165, 1.54) is 20.9 Å². The SMILES string of the molecule is c1ccc(-c2cccc(-c3nc(-c4cc5ccccc5c5ccccc45)nc(-c4c5sc(-c6ccccc6)nc5cc5sc6ccccc6c45)n3)c2)cc1. The van der Waals surface area contributed by atoms with Crippen LogP contribution < -0.4 is 0 Å². The lowest BCUT2D eigenvalue weighted by Gasteiger charge is -2.13. The second-order valence-corrected chi connectivity index (χ2v) is 15.5. The van der Waals surface area contributed by atoms with E-state index >= 15 is 0 Å².